The van der Waals surface area contributed by atoms with E-state index in [1.165, 1.54) is 0 Å². The maximum atomic E-state index is 12.9. The number of likely N-dealkylation sites (tertiary alicyclic amines) is 1. The van der Waals surface area contributed by atoms with E-state index in [9.17, 15) is 20.0 Å². The maximum Gasteiger partial charge on any atom is 0.227 e. The number of carbonyl (C=O) groups excluding carboxylic acids is 2. The van der Waals surface area contributed by atoms with Crippen LogP contribution in [0.5, 0.6) is 0 Å². The highest BCUT2D eigenvalue weighted by atomic mass is 16.3. The molecule has 1 heterocycles. The summed E-state index contributed by atoms with van der Waals surface area (Å²) in [5.74, 6) is 0.582. The smallest absolute Gasteiger partial charge is 0.227 e. The van der Waals surface area contributed by atoms with Gasteiger partial charge in [-0.25, -0.2) is 0 Å². The minimum atomic E-state index is -0.793. The molecule has 8 atom stereocenters. The van der Waals surface area contributed by atoms with E-state index in [2.05, 4.69) is 6.07 Å². The lowest BCUT2D eigenvalue weighted by atomic mass is 9.43. The van der Waals surface area contributed by atoms with Gasteiger partial charge < -0.3 is 15.7 Å². The number of nitriles is 1. The second-order valence-corrected chi connectivity index (χ2v) is 9.31. The third-order valence-electron chi connectivity index (χ3n) is 7.77. The van der Waals surface area contributed by atoms with Crippen LogP contribution in [0.1, 0.15) is 38.5 Å². The average Bonchev–Trinajstić information content (AvgIpc) is 3.20. The third-order valence-corrected chi connectivity index (χ3v) is 7.77. The van der Waals surface area contributed by atoms with Gasteiger partial charge in [-0.2, -0.15) is 5.26 Å². The van der Waals surface area contributed by atoms with E-state index >= 15 is 0 Å². The van der Waals surface area contributed by atoms with E-state index in [0.29, 0.717) is 43.6 Å². The van der Waals surface area contributed by atoms with Crippen LogP contribution in [0, 0.1) is 52.8 Å². The number of carbonyl (C=O) groups is 2. The zero-order chi connectivity index (χ0) is 17.6. The van der Waals surface area contributed by atoms with Crippen LogP contribution < -0.4 is 5.73 Å². The van der Waals surface area contributed by atoms with E-state index in [1.54, 1.807) is 11.3 Å². The van der Waals surface area contributed by atoms with Gasteiger partial charge in [0.1, 0.15) is 6.04 Å². The number of primary amides is 1. The fourth-order valence-electron chi connectivity index (χ4n) is 6.91. The molecule has 0 aromatic heterocycles. The summed E-state index contributed by atoms with van der Waals surface area (Å²) in [5.41, 5.74) is 4.22. The summed E-state index contributed by atoms with van der Waals surface area (Å²) in [6, 6.07) is 1.96. The zero-order valence-electron chi connectivity index (χ0n) is 14.2. The summed E-state index contributed by atoms with van der Waals surface area (Å²) in [4.78, 5) is 27.0. The fourth-order valence-corrected chi connectivity index (χ4v) is 6.91. The van der Waals surface area contributed by atoms with Crippen molar-refractivity contribution in [2.45, 2.75) is 50.2 Å². The summed E-state index contributed by atoms with van der Waals surface area (Å²) in [7, 11) is 0. The molecule has 25 heavy (non-hydrogen) atoms. The van der Waals surface area contributed by atoms with Crippen molar-refractivity contribution in [2.24, 2.45) is 40.7 Å². The molecule has 6 nitrogen and oxygen atoms in total. The molecule has 6 fully saturated rings. The van der Waals surface area contributed by atoms with Crippen molar-refractivity contribution >= 4 is 11.8 Å². The molecule has 6 heteroatoms. The van der Waals surface area contributed by atoms with Crippen molar-refractivity contribution in [3.05, 3.63) is 6.42 Å². The van der Waals surface area contributed by atoms with Crippen LogP contribution in [-0.4, -0.2) is 40.0 Å². The Bertz CT molecular complexity index is 703. The van der Waals surface area contributed by atoms with E-state index < -0.39 is 11.0 Å². The number of amides is 2. The Morgan fingerprint density at radius 2 is 2.04 bits per heavy atom. The average molecular weight is 342 g/mol. The van der Waals surface area contributed by atoms with Gasteiger partial charge >= 0.3 is 0 Å². The Hall–Kier alpha value is -1.61. The number of fused-ring (bicyclic) bond motifs is 1. The first-order valence-electron chi connectivity index (χ1n) is 9.43. The van der Waals surface area contributed by atoms with Crippen LogP contribution in [0.15, 0.2) is 0 Å². The lowest BCUT2D eigenvalue weighted by Crippen LogP contribution is -2.65. The molecule has 1 aliphatic heterocycles. The number of piperidine rings is 1. The summed E-state index contributed by atoms with van der Waals surface area (Å²) < 4.78 is 0. The number of nitrogens with two attached hydrogens (primary N) is 1. The Balaban J connectivity index is 1.41. The maximum absolute atomic E-state index is 12.9. The molecule has 2 amide bonds. The largest absolute Gasteiger partial charge is 0.390 e. The molecule has 4 bridgehead atoms. The molecule has 1 saturated heterocycles. The molecule has 1 radical (unpaired) electrons. The first-order valence-corrected chi connectivity index (χ1v) is 9.43. The molecule has 3 N–H and O–H groups in total. The Morgan fingerprint density at radius 1 is 1.24 bits per heavy atom. The zero-order valence-corrected chi connectivity index (χ0v) is 14.2. The SMILES string of the molecule is N#CC1C2CC2CN1C(=O)[CH]C1C2CC3CC(O)(C2)CC1(C(N)=O)C3. The number of aliphatic hydroxyl groups is 1. The van der Waals surface area contributed by atoms with Crippen LogP contribution in [0.3, 0.4) is 0 Å². The number of rotatable bonds is 3. The fraction of sp³-hybridized carbons (Fsp3) is 0.789. The summed E-state index contributed by atoms with van der Waals surface area (Å²) in [6.45, 7) is 0.658. The lowest BCUT2D eigenvalue weighted by Gasteiger charge is -2.62. The molecular formula is C19H24N3O3. The van der Waals surface area contributed by atoms with E-state index in [4.69, 9.17) is 5.73 Å². The van der Waals surface area contributed by atoms with Crippen LogP contribution in [0.4, 0.5) is 0 Å². The molecule has 5 saturated carbocycles. The van der Waals surface area contributed by atoms with Gasteiger partial charge in [-0.15, -0.1) is 0 Å². The molecule has 8 unspecified atom stereocenters. The standard InChI is InChI=1S/C19H24N3O3/c20-7-15-13-2-12(13)8-22(15)16(23)3-14-11-1-10-4-18(25,6-11)9-19(14,5-10)17(21)24/h3,10-15,25H,1-2,4-6,8-9H2,(H2,21,24). The minimum absolute atomic E-state index is 0.121. The molecule has 5 aliphatic carbocycles. The summed E-state index contributed by atoms with van der Waals surface area (Å²) in [6.07, 6.45) is 6.16. The van der Waals surface area contributed by atoms with Gasteiger partial charge in [0.15, 0.2) is 0 Å². The quantitative estimate of drug-likeness (QED) is 0.783. The highest BCUT2D eigenvalue weighted by Gasteiger charge is 2.65. The van der Waals surface area contributed by atoms with Gasteiger partial charge in [0, 0.05) is 6.54 Å². The Morgan fingerprint density at radius 3 is 2.72 bits per heavy atom. The normalized spacial score (nSPS) is 51.9. The molecule has 0 spiro atoms. The second kappa shape index (κ2) is 4.76. The van der Waals surface area contributed by atoms with Crippen LogP contribution >= 0.6 is 0 Å². The molecule has 0 aromatic carbocycles. The molecular weight excluding hydrogens is 318 g/mol. The molecule has 133 valence electrons. The summed E-state index contributed by atoms with van der Waals surface area (Å²) in [5, 5.41) is 20.2. The predicted octanol–water partition coefficient (Wildman–Crippen LogP) is 0.604. The molecule has 0 aromatic rings. The molecule has 6 rings (SSSR count). The third kappa shape index (κ3) is 2.05. The van der Waals surface area contributed by atoms with Gasteiger partial charge in [-0.05, 0) is 68.1 Å². The second-order valence-electron chi connectivity index (χ2n) is 9.31. The van der Waals surface area contributed by atoms with E-state index in [1.807, 2.05) is 0 Å². The van der Waals surface area contributed by atoms with Gasteiger partial charge in [-0.3, -0.25) is 9.59 Å². The van der Waals surface area contributed by atoms with Gasteiger partial charge in [-0.1, -0.05) is 0 Å². The van der Waals surface area contributed by atoms with Crippen LogP contribution in [0.25, 0.3) is 0 Å². The Labute approximate surface area is 147 Å². The minimum Gasteiger partial charge on any atom is -0.390 e. The van der Waals surface area contributed by atoms with Crippen LogP contribution in [0.2, 0.25) is 0 Å². The highest BCUT2D eigenvalue weighted by molar-refractivity contribution is 5.89. The van der Waals surface area contributed by atoms with Gasteiger partial charge in [0.25, 0.3) is 0 Å². The van der Waals surface area contributed by atoms with Gasteiger partial charge in [0.2, 0.25) is 11.8 Å². The van der Waals surface area contributed by atoms with Crippen LogP contribution in [-0.2, 0) is 9.59 Å². The first kappa shape index (κ1) is 15.6. The Kier molecular flexibility index (Phi) is 2.98. The van der Waals surface area contributed by atoms with E-state index in [-0.39, 0.29) is 29.7 Å². The number of hydrogen-bond acceptors (Lipinski definition) is 4. The van der Waals surface area contributed by atoms with Crippen molar-refractivity contribution in [2.75, 3.05) is 6.54 Å². The van der Waals surface area contributed by atoms with Crippen molar-refractivity contribution in [1.82, 2.24) is 4.90 Å². The van der Waals surface area contributed by atoms with Crippen molar-refractivity contribution in [3.8, 4) is 6.07 Å². The monoisotopic (exact) mass is 342 g/mol. The number of nitrogens with zero attached hydrogens (tertiary/aromatic N) is 2. The predicted molar refractivity (Wildman–Crippen MR) is 87.1 cm³/mol. The van der Waals surface area contributed by atoms with Crippen molar-refractivity contribution in [3.63, 3.8) is 0 Å². The van der Waals surface area contributed by atoms with E-state index in [0.717, 1.165) is 19.3 Å². The lowest BCUT2D eigenvalue weighted by molar-refractivity contribution is -0.194. The van der Waals surface area contributed by atoms with Crippen molar-refractivity contribution < 1.29 is 14.7 Å². The first-order chi connectivity index (χ1) is 11.8. The van der Waals surface area contributed by atoms with Gasteiger partial charge in [0.05, 0.1) is 23.5 Å². The number of hydrogen-bond donors (Lipinski definition) is 2. The highest BCUT2D eigenvalue weighted by Crippen LogP contribution is 2.65. The van der Waals surface area contributed by atoms with Crippen molar-refractivity contribution in [1.29, 1.82) is 5.26 Å². The molecule has 6 aliphatic rings. The topological polar surface area (TPSA) is 107 Å². The summed E-state index contributed by atoms with van der Waals surface area (Å²) >= 11 is 0.